The first-order chi connectivity index (χ1) is 13.8. The average Bonchev–Trinajstić information content (AvgIpc) is 3.00. The summed E-state index contributed by atoms with van der Waals surface area (Å²) in [6, 6.07) is 5.19. The second-order valence-electron chi connectivity index (χ2n) is 7.26. The van der Waals surface area contributed by atoms with Crippen LogP contribution in [0.5, 0.6) is 0 Å². The lowest BCUT2D eigenvalue weighted by atomic mass is 10.0. The Hall–Kier alpha value is -2.66. The van der Waals surface area contributed by atoms with Gasteiger partial charge in [0.2, 0.25) is 5.91 Å². The minimum Gasteiger partial charge on any atom is -0.444 e. The van der Waals surface area contributed by atoms with Gasteiger partial charge >= 0.3 is 6.09 Å². The van der Waals surface area contributed by atoms with E-state index in [2.05, 4.69) is 12.6 Å². The number of thiol groups is 1. The largest absolute Gasteiger partial charge is 0.444 e. The van der Waals surface area contributed by atoms with Gasteiger partial charge in [-0.25, -0.2) is 4.79 Å². The Bertz CT molecular complexity index is 798. The number of hydrogen-bond acceptors (Lipinski definition) is 8. The Morgan fingerprint density at radius 2 is 2.00 bits per heavy atom. The predicted molar refractivity (Wildman–Crippen MR) is 108 cm³/mol. The monoisotopic (exact) mass is 421 g/mol. The van der Waals surface area contributed by atoms with Crippen LogP contribution in [0.1, 0.15) is 12.0 Å². The Labute approximate surface area is 173 Å². The molecular formula is C18H23N5O5S. The first-order valence-electron chi connectivity index (χ1n) is 9.16. The minimum absolute atomic E-state index is 0.0180. The molecule has 3 rings (SSSR count). The van der Waals surface area contributed by atoms with Crippen LogP contribution in [0.15, 0.2) is 24.3 Å². The molecule has 10 nitrogen and oxygen atoms in total. The van der Waals surface area contributed by atoms with Gasteiger partial charge in [0.25, 0.3) is 5.69 Å². The van der Waals surface area contributed by atoms with E-state index < -0.39 is 11.0 Å². The number of likely N-dealkylation sites (tertiary alicyclic amines) is 2. The third-order valence-electron chi connectivity index (χ3n) is 5.24. The summed E-state index contributed by atoms with van der Waals surface area (Å²) in [7, 11) is 1.90. The summed E-state index contributed by atoms with van der Waals surface area (Å²) in [5.74, 6) is 0.0180. The summed E-state index contributed by atoms with van der Waals surface area (Å²) in [6.45, 7) is 1.40. The smallest absolute Gasteiger partial charge is 0.415 e. The van der Waals surface area contributed by atoms with Gasteiger partial charge in [0.15, 0.2) is 0 Å². The number of carbonyl (C=O) groups excluding carboxylic acids is 2. The SMILES string of the molecule is CN1C[C@@H](S)C[C@H]1C(=O)N1CC(N(C=N)C(=O)OCc2ccc([N+](=O)[O-])cc2)C1. The number of benzene rings is 1. The zero-order valence-electron chi connectivity index (χ0n) is 15.9. The van der Waals surface area contributed by atoms with Crippen molar-refractivity contribution in [2.75, 3.05) is 26.7 Å². The van der Waals surface area contributed by atoms with Gasteiger partial charge in [0.1, 0.15) is 6.61 Å². The molecule has 0 aromatic heterocycles. The predicted octanol–water partition coefficient (Wildman–Crippen LogP) is 1.35. The van der Waals surface area contributed by atoms with Crippen molar-refractivity contribution < 1.29 is 19.2 Å². The first kappa shape index (κ1) is 21.1. The highest BCUT2D eigenvalue weighted by Gasteiger charge is 2.42. The highest BCUT2D eigenvalue weighted by molar-refractivity contribution is 7.81. The van der Waals surface area contributed by atoms with Crippen LogP contribution in [0.2, 0.25) is 0 Å². The van der Waals surface area contributed by atoms with Crippen LogP contribution in [0.25, 0.3) is 0 Å². The van der Waals surface area contributed by atoms with E-state index in [9.17, 15) is 19.7 Å². The van der Waals surface area contributed by atoms with E-state index in [4.69, 9.17) is 10.1 Å². The molecule has 2 saturated heterocycles. The van der Waals surface area contributed by atoms with Crippen LogP contribution < -0.4 is 0 Å². The fraction of sp³-hybridized carbons (Fsp3) is 0.500. The molecule has 2 atom stereocenters. The molecule has 2 fully saturated rings. The molecule has 0 radical (unpaired) electrons. The molecule has 0 aliphatic carbocycles. The second kappa shape index (κ2) is 8.78. The normalized spacial score (nSPS) is 22.1. The Morgan fingerprint density at radius 3 is 2.52 bits per heavy atom. The molecule has 2 aliphatic rings. The van der Waals surface area contributed by atoms with E-state index >= 15 is 0 Å². The zero-order valence-corrected chi connectivity index (χ0v) is 16.8. The van der Waals surface area contributed by atoms with E-state index in [1.807, 2.05) is 11.9 Å². The quantitative estimate of drug-likeness (QED) is 0.235. The van der Waals surface area contributed by atoms with Crippen LogP contribution in [0.4, 0.5) is 10.5 Å². The number of carbonyl (C=O) groups is 2. The Balaban J connectivity index is 1.49. The molecule has 2 amide bonds. The maximum Gasteiger partial charge on any atom is 0.415 e. The molecule has 0 spiro atoms. The van der Waals surface area contributed by atoms with Gasteiger partial charge in [-0.3, -0.25) is 30.1 Å². The van der Waals surface area contributed by atoms with Crippen LogP contribution in [0.3, 0.4) is 0 Å². The summed E-state index contributed by atoms with van der Waals surface area (Å²) in [6.07, 6.45) is 0.908. The number of nitro groups is 1. The molecule has 0 saturated carbocycles. The number of rotatable bonds is 6. The average molecular weight is 421 g/mol. The number of nitrogens with zero attached hydrogens (tertiary/aromatic N) is 4. The summed E-state index contributed by atoms with van der Waals surface area (Å²) in [5.41, 5.74) is 0.558. The van der Waals surface area contributed by atoms with Gasteiger partial charge in [0.05, 0.1) is 23.3 Å². The molecule has 156 valence electrons. The van der Waals surface area contributed by atoms with Gasteiger partial charge < -0.3 is 9.64 Å². The van der Waals surface area contributed by atoms with Gasteiger partial charge in [-0.1, -0.05) is 0 Å². The summed E-state index contributed by atoms with van der Waals surface area (Å²) < 4.78 is 5.21. The summed E-state index contributed by atoms with van der Waals surface area (Å²) in [5, 5.41) is 18.4. The molecule has 2 heterocycles. The molecule has 11 heteroatoms. The van der Waals surface area contributed by atoms with Crippen molar-refractivity contribution in [3.63, 3.8) is 0 Å². The number of hydrogen-bond donors (Lipinski definition) is 2. The lowest BCUT2D eigenvalue weighted by molar-refractivity contribution is -0.384. The van der Waals surface area contributed by atoms with E-state index in [1.54, 1.807) is 4.90 Å². The highest BCUT2D eigenvalue weighted by atomic mass is 32.1. The maximum atomic E-state index is 12.6. The van der Waals surface area contributed by atoms with Crippen molar-refractivity contribution in [3.8, 4) is 0 Å². The van der Waals surface area contributed by atoms with Crippen LogP contribution in [-0.2, 0) is 16.1 Å². The van der Waals surface area contributed by atoms with Crippen molar-refractivity contribution in [2.45, 2.75) is 30.4 Å². The van der Waals surface area contributed by atoms with Gasteiger partial charge in [0, 0.05) is 37.0 Å². The van der Waals surface area contributed by atoms with Gasteiger partial charge in [-0.2, -0.15) is 12.6 Å². The number of nitro benzene ring substituents is 1. The van der Waals surface area contributed by atoms with Crippen molar-refractivity contribution in [1.82, 2.24) is 14.7 Å². The highest BCUT2D eigenvalue weighted by Crippen LogP contribution is 2.25. The van der Waals surface area contributed by atoms with Crippen LogP contribution in [0, 0.1) is 15.5 Å². The minimum atomic E-state index is -0.691. The molecule has 0 bridgehead atoms. The van der Waals surface area contributed by atoms with Crippen molar-refractivity contribution in [1.29, 1.82) is 5.41 Å². The Morgan fingerprint density at radius 1 is 1.34 bits per heavy atom. The number of likely N-dealkylation sites (N-methyl/N-ethyl adjacent to an activating group) is 1. The molecule has 0 unspecified atom stereocenters. The number of nitrogens with one attached hydrogen (secondary N) is 1. The van der Waals surface area contributed by atoms with Gasteiger partial charge in [-0.15, -0.1) is 0 Å². The van der Waals surface area contributed by atoms with E-state index in [0.717, 1.165) is 17.8 Å². The van der Waals surface area contributed by atoms with Crippen molar-refractivity contribution >= 4 is 36.7 Å². The van der Waals surface area contributed by atoms with Crippen molar-refractivity contribution in [2.24, 2.45) is 0 Å². The molecule has 1 aromatic carbocycles. The fourth-order valence-electron chi connectivity index (χ4n) is 3.52. The number of non-ortho nitro benzene ring substituents is 1. The first-order valence-corrected chi connectivity index (χ1v) is 9.68. The molecular weight excluding hydrogens is 398 g/mol. The fourth-order valence-corrected chi connectivity index (χ4v) is 3.98. The summed E-state index contributed by atoms with van der Waals surface area (Å²) in [4.78, 5) is 39.9. The molecule has 1 aromatic rings. The lowest BCUT2D eigenvalue weighted by Crippen LogP contribution is -2.64. The summed E-state index contributed by atoms with van der Waals surface area (Å²) >= 11 is 4.44. The number of ether oxygens (including phenoxy) is 1. The van der Waals surface area contributed by atoms with E-state index in [1.165, 1.54) is 24.3 Å². The second-order valence-corrected chi connectivity index (χ2v) is 7.99. The van der Waals surface area contributed by atoms with Crippen LogP contribution in [-0.4, -0.2) is 82.0 Å². The van der Waals surface area contributed by atoms with Crippen LogP contribution >= 0.6 is 12.6 Å². The van der Waals surface area contributed by atoms with Crippen molar-refractivity contribution in [3.05, 3.63) is 39.9 Å². The Kier molecular flexibility index (Phi) is 6.38. The zero-order chi connectivity index (χ0) is 21.1. The third-order valence-corrected chi connectivity index (χ3v) is 5.61. The standard InChI is InChI=1S/C18H23N5O5S/c1-20-9-15(29)6-16(20)17(24)21-7-14(8-21)22(11-19)18(25)28-10-12-2-4-13(5-3-12)23(26)27/h2-5,11,14-16,19,29H,6-10H2,1H3/t15-,16-/m0/s1. The third kappa shape index (κ3) is 4.67. The molecule has 1 N–H and O–H groups in total. The van der Waals surface area contributed by atoms with E-state index in [-0.39, 0.29) is 35.5 Å². The topological polar surface area (TPSA) is 120 Å². The van der Waals surface area contributed by atoms with Gasteiger partial charge in [-0.05, 0) is 31.2 Å². The molecule has 2 aliphatic heterocycles. The maximum absolute atomic E-state index is 12.6. The number of amides is 2. The lowest BCUT2D eigenvalue weighted by Gasteiger charge is -2.44. The molecule has 29 heavy (non-hydrogen) atoms. The van der Waals surface area contributed by atoms with E-state index in [0.29, 0.717) is 25.1 Å².